The van der Waals surface area contributed by atoms with E-state index >= 15 is 0 Å². The molecule has 0 saturated carbocycles. The molecule has 0 atom stereocenters. The zero-order valence-corrected chi connectivity index (χ0v) is 7.31. The third-order valence-corrected chi connectivity index (χ3v) is 2.36. The Labute approximate surface area is 76.6 Å². The fourth-order valence-electron chi connectivity index (χ4n) is 1.50. The summed E-state index contributed by atoms with van der Waals surface area (Å²) in [5.74, 6) is 0. The smallest absolute Gasteiger partial charge is 0.112 e. The molecule has 0 radical (unpaired) electrons. The molecule has 70 valence electrons. The van der Waals surface area contributed by atoms with Crippen molar-refractivity contribution in [3.8, 4) is 0 Å². The SMILES string of the molecule is OC1(c2cnccn2)CCOCC1. The lowest BCUT2D eigenvalue weighted by Crippen LogP contribution is -2.34. The summed E-state index contributed by atoms with van der Waals surface area (Å²) in [6, 6.07) is 0. The molecule has 1 aromatic heterocycles. The van der Waals surface area contributed by atoms with Gasteiger partial charge in [-0.2, -0.15) is 0 Å². The van der Waals surface area contributed by atoms with Gasteiger partial charge in [-0.3, -0.25) is 9.97 Å². The summed E-state index contributed by atoms with van der Waals surface area (Å²) in [6.07, 6.45) is 6.03. The highest BCUT2D eigenvalue weighted by molar-refractivity contribution is 5.08. The van der Waals surface area contributed by atoms with Crippen LogP contribution in [0.3, 0.4) is 0 Å². The van der Waals surface area contributed by atoms with Crippen molar-refractivity contribution < 1.29 is 9.84 Å². The number of hydrogen-bond acceptors (Lipinski definition) is 4. The molecule has 1 aliphatic heterocycles. The van der Waals surface area contributed by atoms with E-state index in [2.05, 4.69) is 9.97 Å². The minimum absolute atomic E-state index is 0.590. The predicted octanol–water partition coefficient (Wildman–Crippen LogP) is 0.475. The van der Waals surface area contributed by atoms with Gasteiger partial charge in [-0.05, 0) is 0 Å². The molecule has 1 N–H and O–H groups in total. The van der Waals surface area contributed by atoms with Gasteiger partial charge in [-0.15, -0.1) is 0 Å². The average molecular weight is 180 g/mol. The quantitative estimate of drug-likeness (QED) is 0.682. The average Bonchev–Trinajstić information content (AvgIpc) is 2.20. The number of nitrogens with zero attached hydrogens (tertiary/aromatic N) is 2. The molecule has 13 heavy (non-hydrogen) atoms. The Balaban J connectivity index is 2.23. The van der Waals surface area contributed by atoms with Gasteiger partial charge in [-0.25, -0.2) is 0 Å². The van der Waals surface area contributed by atoms with Gasteiger partial charge in [0.05, 0.1) is 11.9 Å². The number of hydrogen-bond donors (Lipinski definition) is 1. The van der Waals surface area contributed by atoms with Gasteiger partial charge in [0.15, 0.2) is 0 Å². The minimum Gasteiger partial charge on any atom is -0.383 e. The van der Waals surface area contributed by atoms with Crippen molar-refractivity contribution in [2.24, 2.45) is 0 Å². The normalized spacial score (nSPS) is 21.3. The first-order valence-electron chi connectivity index (χ1n) is 4.38. The van der Waals surface area contributed by atoms with E-state index in [1.165, 1.54) is 0 Å². The molecule has 0 aliphatic carbocycles. The standard InChI is InChI=1S/C9H12N2O2/c12-9(1-5-13-6-2-9)8-7-10-3-4-11-8/h3-4,7,12H,1-2,5-6H2. The summed E-state index contributed by atoms with van der Waals surface area (Å²) in [4.78, 5) is 8.05. The maximum absolute atomic E-state index is 10.2. The van der Waals surface area contributed by atoms with Crippen LogP contribution in [0, 0.1) is 0 Å². The van der Waals surface area contributed by atoms with Crippen LogP contribution in [0.15, 0.2) is 18.6 Å². The lowest BCUT2D eigenvalue weighted by molar-refractivity contribution is -0.0707. The molecule has 1 aliphatic rings. The van der Waals surface area contributed by atoms with Crippen LogP contribution in [-0.2, 0) is 10.3 Å². The second-order valence-electron chi connectivity index (χ2n) is 3.23. The molecule has 1 saturated heterocycles. The molecule has 1 fully saturated rings. The summed E-state index contributed by atoms with van der Waals surface area (Å²) in [5, 5.41) is 10.2. The lowest BCUT2D eigenvalue weighted by Gasteiger charge is -2.30. The lowest BCUT2D eigenvalue weighted by atomic mass is 9.91. The third kappa shape index (κ3) is 1.68. The van der Waals surface area contributed by atoms with Crippen molar-refractivity contribution in [2.75, 3.05) is 13.2 Å². The Kier molecular flexibility index (Phi) is 2.24. The van der Waals surface area contributed by atoms with E-state index < -0.39 is 5.60 Å². The summed E-state index contributed by atoms with van der Waals surface area (Å²) in [5.41, 5.74) is -0.176. The monoisotopic (exact) mass is 180 g/mol. The molecule has 1 aromatic rings. The van der Waals surface area contributed by atoms with Crippen LogP contribution < -0.4 is 0 Å². The second kappa shape index (κ2) is 3.40. The van der Waals surface area contributed by atoms with E-state index in [0.29, 0.717) is 31.7 Å². The summed E-state index contributed by atoms with van der Waals surface area (Å²) in [6.45, 7) is 1.18. The molecule has 0 amide bonds. The van der Waals surface area contributed by atoms with Crippen LogP contribution in [0.1, 0.15) is 18.5 Å². The van der Waals surface area contributed by atoms with E-state index in [1.807, 2.05) is 0 Å². The van der Waals surface area contributed by atoms with Crippen LogP contribution in [0.2, 0.25) is 0 Å². The number of aromatic nitrogens is 2. The maximum Gasteiger partial charge on any atom is 0.112 e. The summed E-state index contributed by atoms with van der Waals surface area (Å²) in [7, 11) is 0. The van der Waals surface area contributed by atoms with Gasteiger partial charge in [0, 0.05) is 38.4 Å². The molecule has 0 unspecified atom stereocenters. The molecule has 0 aromatic carbocycles. The molecule has 4 nitrogen and oxygen atoms in total. The Bertz CT molecular complexity index is 270. The van der Waals surface area contributed by atoms with Crippen LogP contribution in [0.25, 0.3) is 0 Å². The van der Waals surface area contributed by atoms with Crippen molar-refractivity contribution in [3.63, 3.8) is 0 Å². The third-order valence-electron chi connectivity index (χ3n) is 2.36. The molecule has 4 heteroatoms. The van der Waals surface area contributed by atoms with Gasteiger partial charge in [-0.1, -0.05) is 0 Å². The Morgan fingerprint density at radius 1 is 1.31 bits per heavy atom. The molecular formula is C9H12N2O2. The van der Waals surface area contributed by atoms with Crippen LogP contribution in [0.4, 0.5) is 0 Å². The van der Waals surface area contributed by atoms with E-state index in [4.69, 9.17) is 4.74 Å². The molecule has 0 spiro atoms. The highest BCUT2D eigenvalue weighted by Gasteiger charge is 2.33. The van der Waals surface area contributed by atoms with Gasteiger partial charge in [0.1, 0.15) is 5.60 Å². The fraction of sp³-hybridized carbons (Fsp3) is 0.556. The largest absolute Gasteiger partial charge is 0.383 e. The molecule has 2 heterocycles. The Morgan fingerprint density at radius 3 is 2.69 bits per heavy atom. The molecule has 2 rings (SSSR count). The first-order chi connectivity index (χ1) is 6.31. The second-order valence-corrected chi connectivity index (χ2v) is 3.23. The highest BCUT2D eigenvalue weighted by atomic mass is 16.5. The Morgan fingerprint density at radius 2 is 2.08 bits per heavy atom. The zero-order valence-electron chi connectivity index (χ0n) is 7.31. The van der Waals surface area contributed by atoms with Crippen molar-refractivity contribution in [1.82, 2.24) is 9.97 Å². The van der Waals surface area contributed by atoms with E-state index in [1.54, 1.807) is 18.6 Å². The molecule has 0 bridgehead atoms. The van der Waals surface area contributed by atoms with Crippen molar-refractivity contribution in [1.29, 1.82) is 0 Å². The fourth-order valence-corrected chi connectivity index (χ4v) is 1.50. The minimum atomic E-state index is -0.827. The highest BCUT2D eigenvalue weighted by Crippen LogP contribution is 2.29. The van der Waals surface area contributed by atoms with Crippen molar-refractivity contribution in [2.45, 2.75) is 18.4 Å². The topological polar surface area (TPSA) is 55.2 Å². The first-order valence-corrected chi connectivity index (χ1v) is 4.38. The van der Waals surface area contributed by atoms with E-state index in [0.717, 1.165) is 0 Å². The van der Waals surface area contributed by atoms with Crippen LogP contribution >= 0.6 is 0 Å². The number of aliphatic hydroxyl groups is 1. The van der Waals surface area contributed by atoms with Crippen LogP contribution in [0.5, 0.6) is 0 Å². The van der Waals surface area contributed by atoms with Gasteiger partial charge < -0.3 is 9.84 Å². The Hall–Kier alpha value is -1.00. The summed E-state index contributed by atoms with van der Waals surface area (Å²) >= 11 is 0. The van der Waals surface area contributed by atoms with Gasteiger partial charge in [0.2, 0.25) is 0 Å². The van der Waals surface area contributed by atoms with Gasteiger partial charge >= 0.3 is 0 Å². The van der Waals surface area contributed by atoms with Crippen molar-refractivity contribution in [3.05, 3.63) is 24.3 Å². The van der Waals surface area contributed by atoms with E-state index in [9.17, 15) is 5.11 Å². The van der Waals surface area contributed by atoms with Crippen molar-refractivity contribution >= 4 is 0 Å². The maximum atomic E-state index is 10.2. The van der Waals surface area contributed by atoms with Crippen LogP contribution in [-0.4, -0.2) is 28.3 Å². The summed E-state index contributed by atoms with van der Waals surface area (Å²) < 4.78 is 5.18. The van der Waals surface area contributed by atoms with E-state index in [-0.39, 0.29) is 0 Å². The van der Waals surface area contributed by atoms with Gasteiger partial charge in [0.25, 0.3) is 0 Å². The zero-order chi connectivity index (χ0) is 9.15. The number of rotatable bonds is 1. The number of ether oxygens (including phenoxy) is 1. The molecular weight excluding hydrogens is 168 g/mol. The predicted molar refractivity (Wildman–Crippen MR) is 46.0 cm³/mol. The first kappa shape index (κ1) is 8.59.